The van der Waals surface area contributed by atoms with Gasteiger partial charge in [-0.15, -0.1) is 0 Å². The van der Waals surface area contributed by atoms with Crippen molar-refractivity contribution >= 4 is 130 Å². The Bertz CT molecular complexity index is 3660. The second-order valence-corrected chi connectivity index (χ2v) is 45.5. The second kappa shape index (κ2) is 19.5. The number of anilines is 6. The summed E-state index contributed by atoms with van der Waals surface area (Å²) in [5.74, 6) is 0. The first-order valence-electron chi connectivity index (χ1n) is 27.2. The summed E-state index contributed by atoms with van der Waals surface area (Å²) in [7, 11) is -6.88. The highest BCUT2D eigenvalue weighted by Gasteiger charge is 2.29. The summed E-state index contributed by atoms with van der Waals surface area (Å²) in [4.78, 5) is 5.06. The molecular formula is C70H72N2Si4. The molecule has 0 aliphatic heterocycles. The standard InChI is InChI=1S/C70H72N2Si4/c1-73(2,3)61-41-59(42-62(47-61)74(4,5)6)71(55-27-15-13-16-28-55)57-35-37-65-67(45-57)69(53-33-31-49-23-19-21-25-51(49)39-53)66-38-36-58(46-68(66)70(65)54-34-32-50-24-20-22-26-52(50)40-54)72(56-29-17-14-18-30-56)60-43-63(75(7,8)9)48-64(44-60)76(10,11)12/h13-48H,1-12H3. The number of hydrogen-bond acceptors (Lipinski definition) is 2. The van der Waals surface area contributed by atoms with Crippen LogP contribution < -0.4 is 30.5 Å². The molecule has 0 fully saturated rings. The molecule has 11 aromatic rings. The van der Waals surface area contributed by atoms with Crippen molar-refractivity contribution in [2.75, 3.05) is 9.80 Å². The Morgan fingerprint density at radius 3 is 0.868 bits per heavy atom. The molecule has 0 radical (unpaired) electrons. The average Bonchev–Trinajstić information content (AvgIpc) is 3.51. The molecule has 0 aliphatic rings. The third-order valence-corrected chi connectivity index (χ3v) is 23.6. The summed E-state index contributed by atoms with van der Waals surface area (Å²) in [5, 5.41) is 15.8. The van der Waals surface area contributed by atoms with Crippen molar-refractivity contribution in [1.82, 2.24) is 0 Å². The lowest BCUT2D eigenvalue weighted by atomic mass is 9.84. The molecule has 0 bridgehead atoms. The van der Waals surface area contributed by atoms with Crippen LogP contribution in [0.4, 0.5) is 34.1 Å². The van der Waals surface area contributed by atoms with E-state index in [9.17, 15) is 0 Å². The van der Waals surface area contributed by atoms with Crippen LogP contribution in [-0.2, 0) is 0 Å². The van der Waals surface area contributed by atoms with Gasteiger partial charge < -0.3 is 9.80 Å². The molecule has 11 aromatic carbocycles. The molecule has 0 saturated carbocycles. The third kappa shape index (κ3) is 9.96. The number of fused-ring (bicyclic) bond motifs is 4. The van der Waals surface area contributed by atoms with E-state index in [4.69, 9.17) is 0 Å². The Labute approximate surface area is 456 Å². The molecule has 0 atom stereocenters. The molecule has 378 valence electrons. The molecule has 0 aromatic heterocycles. The lowest BCUT2D eigenvalue weighted by molar-refractivity contribution is 1.29. The Morgan fingerprint density at radius 2 is 0.539 bits per heavy atom. The predicted octanol–water partition coefficient (Wildman–Crippen LogP) is 18.8. The fourth-order valence-corrected chi connectivity index (χ4v) is 16.0. The molecule has 11 rings (SSSR count). The number of rotatable bonds is 12. The van der Waals surface area contributed by atoms with Crippen LogP contribution in [0.1, 0.15) is 0 Å². The molecular weight excluding hydrogens is 981 g/mol. The summed E-state index contributed by atoms with van der Waals surface area (Å²) in [6.45, 7) is 29.8. The largest absolute Gasteiger partial charge is 0.310 e. The van der Waals surface area contributed by atoms with E-state index in [1.165, 1.54) is 97.5 Å². The molecule has 76 heavy (non-hydrogen) atoms. The van der Waals surface area contributed by atoms with Crippen LogP contribution in [0, 0.1) is 0 Å². The molecule has 0 aliphatic carbocycles. The van der Waals surface area contributed by atoms with Gasteiger partial charge in [-0.05, 0) is 150 Å². The van der Waals surface area contributed by atoms with E-state index in [0.717, 1.165) is 22.7 Å². The van der Waals surface area contributed by atoms with Crippen LogP contribution in [-0.4, -0.2) is 32.3 Å². The van der Waals surface area contributed by atoms with Crippen LogP contribution >= 0.6 is 0 Å². The zero-order chi connectivity index (χ0) is 53.3. The van der Waals surface area contributed by atoms with Crippen LogP contribution in [0.5, 0.6) is 0 Å². The summed E-state index contributed by atoms with van der Waals surface area (Å²) >= 11 is 0. The summed E-state index contributed by atoms with van der Waals surface area (Å²) in [6.07, 6.45) is 0. The van der Waals surface area contributed by atoms with Crippen LogP contribution in [0.2, 0.25) is 78.6 Å². The Balaban J connectivity index is 1.27. The molecule has 0 heterocycles. The van der Waals surface area contributed by atoms with Crippen molar-refractivity contribution in [3.8, 4) is 22.3 Å². The SMILES string of the molecule is C[Si](C)(C)c1cc(N(c2ccccc2)c2ccc3c(-c4ccc5ccccc5c4)c4cc(N(c5ccccc5)c5cc([Si](C)(C)C)cc([Si](C)(C)C)c5)ccc4c(-c4ccc5ccccc5c4)c3c2)cc([Si](C)(C)C)c1. The van der Waals surface area contributed by atoms with Gasteiger partial charge in [0.05, 0.1) is 32.3 Å². The normalized spacial score (nSPS) is 12.5. The van der Waals surface area contributed by atoms with E-state index in [1.54, 1.807) is 0 Å². The summed E-state index contributed by atoms with van der Waals surface area (Å²) in [6, 6.07) is 83.7. The lowest BCUT2D eigenvalue weighted by Crippen LogP contribution is -2.45. The van der Waals surface area contributed by atoms with Gasteiger partial charge in [-0.25, -0.2) is 0 Å². The van der Waals surface area contributed by atoms with Crippen molar-refractivity contribution in [1.29, 1.82) is 0 Å². The van der Waals surface area contributed by atoms with Gasteiger partial charge in [0.15, 0.2) is 0 Å². The molecule has 0 saturated heterocycles. The minimum atomic E-state index is -1.72. The topological polar surface area (TPSA) is 6.48 Å². The van der Waals surface area contributed by atoms with E-state index >= 15 is 0 Å². The minimum absolute atomic E-state index is 1.14. The molecule has 0 unspecified atom stereocenters. The van der Waals surface area contributed by atoms with Crippen molar-refractivity contribution in [3.63, 3.8) is 0 Å². The van der Waals surface area contributed by atoms with Crippen molar-refractivity contribution in [2.24, 2.45) is 0 Å². The van der Waals surface area contributed by atoms with Gasteiger partial charge in [-0.2, -0.15) is 0 Å². The first-order valence-corrected chi connectivity index (χ1v) is 41.2. The van der Waals surface area contributed by atoms with E-state index < -0.39 is 32.3 Å². The maximum Gasteiger partial charge on any atom is 0.0776 e. The van der Waals surface area contributed by atoms with Crippen molar-refractivity contribution in [3.05, 3.63) is 218 Å². The number of benzene rings is 11. The highest BCUT2D eigenvalue weighted by Crippen LogP contribution is 2.49. The van der Waals surface area contributed by atoms with Gasteiger partial charge in [-0.1, -0.05) is 233 Å². The minimum Gasteiger partial charge on any atom is -0.310 e. The number of para-hydroxylation sites is 2. The van der Waals surface area contributed by atoms with Crippen LogP contribution in [0.15, 0.2) is 218 Å². The van der Waals surface area contributed by atoms with Crippen molar-refractivity contribution < 1.29 is 0 Å². The van der Waals surface area contributed by atoms with Gasteiger partial charge >= 0.3 is 0 Å². The fourth-order valence-electron chi connectivity index (χ4n) is 11.1. The predicted molar refractivity (Wildman–Crippen MR) is 349 cm³/mol. The summed E-state index contributed by atoms with van der Waals surface area (Å²) < 4.78 is 0. The lowest BCUT2D eigenvalue weighted by Gasteiger charge is -2.31. The molecule has 0 amide bonds. The molecule has 0 spiro atoms. The van der Waals surface area contributed by atoms with E-state index in [2.05, 4.69) is 307 Å². The highest BCUT2D eigenvalue weighted by molar-refractivity contribution is 6.92. The van der Waals surface area contributed by atoms with Gasteiger partial charge in [-0.3, -0.25) is 0 Å². The molecule has 6 heteroatoms. The van der Waals surface area contributed by atoms with E-state index in [-0.39, 0.29) is 0 Å². The second-order valence-electron chi connectivity index (χ2n) is 25.2. The van der Waals surface area contributed by atoms with Crippen molar-refractivity contribution in [2.45, 2.75) is 78.6 Å². The first kappa shape index (κ1) is 51.1. The molecule has 0 N–H and O–H groups in total. The summed E-state index contributed by atoms with van der Waals surface area (Å²) in [5.41, 5.74) is 12.0. The Kier molecular flexibility index (Phi) is 13.1. The zero-order valence-electron chi connectivity index (χ0n) is 46.7. The molecule has 2 nitrogen and oxygen atoms in total. The number of nitrogens with zero attached hydrogens (tertiary/aromatic N) is 2. The average molecular weight is 1050 g/mol. The van der Waals surface area contributed by atoms with Gasteiger partial charge in [0.2, 0.25) is 0 Å². The van der Waals surface area contributed by atoms with Crippen LogP contribution in [0.25, 0.3) is 65.3 Å². The highest BCUT2D eigenvalue weighted by atomic mass is 28.3. The van der Waals surface area contributed by atoms with E-state index in [0.29, 0.717) is 0 Å². The Morgan fingerprint density at radius 1 is 0.224 bits per heavy atom. The maximum absolute atomic E-state index is 2.55. The monoisotopic (exact) mass is 1050 g/mol. The van der Waals surface area contributed by atoms with Crippen LogP contribution in [0.3, 0.4) is 0 Å². The quantitative estimate of drug-likeness (QED) is 0.0889. The maximum atomic E-state index is 2.55. The first-order chi connectivity index (χ1) is 36.2. The fraction of sp³-hybridized carbons (Fsp3) is 0.171. The van der Waals surface area contributed by atoms with Gasteiger partial charge in [0.25, 0.3) is 0 Å². The van der Waals surface area contributed by atoms with Gasteiger partial charge in [0.1, 0.15) is 0 Å². The smallest absolute Gasteiger partial charge is 0.0776 e. The zero-order valence-corrected chi connectivity index (χ0v) is 50.7. The Hall–Kier alpha value is -7.07. The van der Waals surface area contributed by atoms with Gasteiger partial charge in [0, 0.05) is 34.1 Å². The number of hydrogen-bond donors (Lipinski definition) is 0. The van der Waals surface area contributed by atoms with E-state index in [1.807, 2.05) is 0 Å². The third-order valence-electron chi connectivity index (χ3n) is 15.5.